The number of ether oxygens (including phenoxy) is 2. The zero-order chi connectivity index (χ0) is 11.7. The molecular weight excluding hydrogens is 218 g/mol. The highest BCUT2D eigenvalue weighted by molar-refractivity contribution is 5.32. The SMILES string of the molecule is COc1nc(C2CCNCC2)nc2c1COC2. The third kappa shape index (κ3) is 2.00. The van der Waals surface area contributed by atoms with E-state index in [1.807, 2.05) is 0 Å². The number of hydrogen-bond acceptors (Lipinski definition) is 5. The summed E-state index contributed by atoms with van der Waals surface area (Å²) in [6, 6.07) is 0. The van der Waals surface area contributed by atoms with Crippen molar-refractivity contribution in [3.05, 3.63) is 17.1 Å². The predicted octanol–water partition coefficient (Wildman–Crippen LogP) is 0.982. The van der Waals surface area contributed by atoms with Crippen molar-refractivity contribution in [2.45, 2.75) is 32.0 Å². The van der Waals surface area contributed by atoms with Crippen molar-refractivity contribution in [2.75, 3.05) is 20.2 Å². The number of methoxy groups -OCH3 is 1. The third-order valence-corrected chi connectivity index (χ3v) is 3.45. The molecule has 3 rings (SSSR count). The van der Waals surface area contributed by atoms with Gasteiger partial charge in [0.05, 0.1) is 31.6 Å². The average Bonchev–Trinajstić information content (AvgIpc) is 2.86. The molecule has 1 aromatic rings. The van der Waals surface area contributed by atoms with E-state index in [0.717, 1.165) is 43.0 Å². The van der Waals surface area contributed by atoms with Crippen LogP contribution in [-0.2, 0) is 18.0 Å². The Kier molecular flexibility index (Phi) is 2.94. The highest BCUT2D eigenvalue weighted by Gasteiger charge is 2.24. The second-order valence-corrected chi connectivity index (χ2v) is 4.53. The van der Waals surface area contributed by atoms with Crippen molar-refractivity contribution < 1.29 is 9.47 Å². The lowest BCUT2D eigenvalue weighted by molar-refractivity contribution is 0.132. The lowest BCUT2D eigenvalue weighted by Crippen LogP contribution is -2.27. The van der Waals surface area contributed by atoms with E-state index < -0.39 is 0 Å². The van der Waals surface area contributed by atoms with E-state index in [-0.39, 0.29) is 0 Å². The fourth-order valence-electron chi connectivity index (χ4n) is 2.47. The Bertz CT molecular complexity index is 416. The molecule has 2 aliphatic heterocycles. The van der Waals surface area contributed by atoms with Crippen LogP contribution in [-0.4, -0.2) is 30.2 Å². The van der Waals surface area contributed by atoms with Crippen LogP contribution in [0, 0.1) is 0 Å². The van der Waals surface area contributed by atoms with Crippen LogP contribution >= 0.6 is 0 Å². The monoisotopic (exact) mass is 235 g/mol. The molecule has 0 aromatic carbocycles. The molecule has 3 heterocycles. The fraction of sp³-hybridized carbons (Fsp3) is 0.667. The summed E-state index contributed by atoms with van der Waals surface area (Å²) in [5, 5.41) is 3.35. The summed E-state index contributed by atoms with van der Waals surface area (Å²) in [6.45, 7) is 3.26. The molecule has 0 atom stereocenters. The Morgan fingerprint density at radius 3 is 2.82 bits per heavy atom. The number of nitrogens with zero attached hydrogens (tertiary/aromatic N) is 2. The van der Waals surface area contributed by atoms with Crippen LogP contribution in [0.25, 0.3) is 0 Å². The van der Waals surface area contributed by atoms with Gasteiger partial charge in [-0.1, -0.05) is 0 Å². The first-order chi connectivity index (χ1) is 8.38. The second-order valence-electron chi connectivity index (χ2n) is 4.53. The summed E-state index contributed by atoms with van der Waals surface area (Å²) in [4.78, 5) is 9.19. The van der Waals surface area contributed by atoms with Crippen LogP contribution in [0.4, 0.5) is 0 Å². The van der Waals surface area contributed by atoms with E-state index >= 15 is 0 Å². The van der Waals surface area contributed by atoms with Crippen LogP contribution < -0.4 is 10.1 Å². The van der Waals surface area contributed by atoms with Crippen molar-refractivity contribution >= 4 is 0 Å². The van der Waals surface area contributed by atoms with E-state index in [0.29, 0.717) is 25.0 Å². The first-order valence-electron chi connectivity index (χ1n) is 6.10. The Morgan fingerprint density at radius 1 is 1.24 bits per heavy atom. The van der Waals surface area contributed by atoms with Gasteiger partial charge in [-0.3, -0.25) is 0 Å². The topological polar surface area (TPSA) is 56.3 Å². The van der Waals surface area contributed by atoms with Crippen molar-refractivity contribution in [1.82, 2.24) is 15.3 Å². The molecule has 0 saturated carbocycles. The smallest absolute Gasteiger partial charge is 0.222 e. The van der Waals surface area contributed by atoms with Crippen LogP contribution in [0.15, 0.2) is 0 Å². The molecule has 5 heteroatoms. The number of nitrogens with one attached hydrogen (secondary N) is 1. The maximum atomic E-state index is 5.40. The third-order valence-electron chi connectivity index (χ3n) is 3.45. The summed E-state index contributed by atoms with van der Waals surface area (Å²) >= 11 is 0. The number of piperidine rings is 1. The Hall–Kier alpha value is -1.20. The van der Waals surface area contributed by atoms with Crippen LogP contribution in [0.1, 0.15) is 35.8 Å². The molecule has 1 aromatic heterocycles. The first kappa shape index (κ1) is 10.9. The lowest BCUT2D eigenvalue weighted by atomic mass is 9.97. The minimum atomic E-state index is 0.455. The van der Waals surface area contributed by atoms with Crippen molar-refractivity contribution in [3.8, 4) is 5.88 Å². The normalized spacial score (nSPS) is 20.3. The summed E-state index contributed by atoms with van der Waals surface area (Å²) in [5.74, 6) is 2.07. The summed E-state index contributed by atoms with van der Waals surface area (Å²) in [7, 11) is 1.66. The number of fused-ring (bicyclic) bond motifs is 1. The maximum Gasteiger partial charge on any atom is 0.222 e. The molecule has 0 radical (unpaired) electrons. The largest absolute Gasteiger partial charge is 0.481 e. The Morgan fingerprint density at radius 2 is 2.06 bits per heavy atom. The quantitative estimate of drug-likeness (QED) is 0.828. The first-order valence-corrected chi connectivity index (χ1v) is 6.10. The van der Waals surface area contributed by atoms with Crippen LogP contribution in [0.3, 0.4) is 0 Å². The molecule has 0 spiro atoms. The molecule has 92 valence electrons. The van der Waals surface area contributed by atoms with Crippen molar-refractivity contribution in [3.63, 3.8) is 0 Å². The summed E-state index contributed by atoms with van der Waals surface area (Å²) in [5.41, 5.74) is 2.02. The Balaban J connectivity index is 1.94. The molecule has 0 aliphatic carbocycles. The van der Waals surface area contributed by atoms with E-state index in [2.05, 4.69) is 15.3 Å². The molecule has 0 bridgehead atoms. The Labute approximate surface area is 101 Å². The molecule has 1 N–H and O–H groups in total. The van der Waals surface area contributed by atoms with Gasteiger partial charge in [0.25, 0.3) is 0 Å². The molecule has 1 saturated heterocycles. The lowest BCUT2D eigenvalue weighted by Gasteiger charge is -2.22. The van der Waals surface area contributed by atoms with Gasteiger partial charge in [-0.15, -0.1) is 0 Å². The fourth-order valence-corrected chi connectivity index (χ4v) is 2.47. The van der Waals surface area contributed by atoms with Gasteiger partial charge in [0, 0.05) is 5.92 Å². The van der Waals surface area contributed by atoms with Gasteiger partial charge in [0.1, 0.15) is 5.82 Å². The zero-order valence-corrected chi connectivity index (χ0v) is 10.0. The second kappa shape index (κ2) is 4.58. The van der Waals surface area contributed by atoms with Crippen LogP contribution in [0.2, 0.25) is 0 Å². The minimum absolute atomic E-state index is 0.455. The van der Waals surface area contributed by atoms with Crippen molar-refractivity contribution in [1.29, 1.82) is 0 Å². The number of aromatic nitrogens is 2. The molecule has 2 aliphatic rings. The van der Waals surface area contributed by atoms with E-state index in [9.17, 15) is 0 Å². The summed E-state index contributed by atoms with van der Waals surface area (Å²) < 4.78 is 10.7. The highest BCUT2D eigenvalue weighted by atomic mass is 16.5. The van der Waals surface area contributed by atoms with Gasteiger partial charge in [-0.2, -0.15) is 4.98 Å². The van der Waals surface area contributed by atoms with E-state index in [1.54, 1.807) is 7.11 Å². The minimum Gasteiger partial charge on any atom is -0.481 e. The van der Waals surface area contributed by atoms with Gasteiger partial charge in [0.2, 0.25) is 5.88 Å². The van der Waals surface area contributed by atoms with Gasteiger partial charge >= 0.3 is 0 Å². The average molecular weight is 235 g/mol. The van der Waals surface area contributed by atoms with Gasteiger partial charge in [-0.05, 0) is 25.9 Å². The molecule has 5 nitrogen and oxygen atoms in total. The highest BCUT2D eigenvalue weighted by Crippen LogP contribution is 2.30. The van der Waals surface area contributed by atoms with Crippen LogP contribution in [0.5, 0.6) is 5.88 Å². The number of rotatable bonds is 2. The van der Waals surface area contributed by atoms with E-state index in [4.69, 9.17) is 9.47 Å². The summed E-state index contributed by atoms with van der Waals surface area (Å²) in [6.07, 6.45) is 2.20. The molecule has 0 amide bonds. The maximum absolute atomic E-state index is 5.40. The molecule has 0 unspecified atom stereocenters. The van der Waals surface area contributed by atoms with Gasteiger partial charge < -0.3 is 14.8 Å². The molecule has 17 heavy (non-hydrogen) atoms. The van der Waals surface area contributed by atoms with Gasteiger partial charge in [-0.25, -0.2) is 4.98 Å². The van der Waals surface area contributed by atoms with Gasteiger partial charge in [0.15, 0.2) is 0 Å². The van der Waals surface area contributed by atoms with E-state index in [1.165, 1.54) is 0 Å². The molecule has 1 fully saturated rings. The molecular formula is C12H17N3O2. The predicted molar refractivity (Wildman–Crippen MR) is 61.9 cm³/mol. The zero-order valence-electron chi connectivity index (χ0n) is 10.0. The number of hydrogen-bond donors (Lipinski definition) is 1. The standard InChI is InChI=1S/C12H17N3O2/c1-16-12-9-6-17-7-10(9)14-11(15-12)8-2-4-13-5-3-8/h8,13H,2-7H2,1H3. The van der Waals surface area contributed by atoms with Crippen molar-refractivity contribution in [2.24, 2.45) is 0 Å².